The number of carbonyl (C=O) groups is 1. The maximum atomic E-state index is 12.6. The Morgan fingerprint density at radius 3 is 2.44 bits per heavy atom. The fraction of sp³-hybridized carbons (Fsp3) is 0.846. The van der Waals surface area contributed by atoms with Crippen LogP contribution in [0.15, 0.2) is 4.99 Å². The summed E-state index contributed by atoms with van der Waals surface area (Å²) in [7, 11) is 1.77. The van der Waals surface area contributed by atoms with Crippen molar-refractivity contribution < 1.29 is 4.79 Å². The smallest absolute Gasteiger partial charge is 0.247 e. The minimum atomic E-state index is -0.360. The fourth-order valence-corrected chi connectivity index (χ4v) is 3.84. The van der Waals surface area contributed by atoms with Crippen LogP contribution in [0.1, 0.15) is 52.9 Å². The second kappa shape index (κ2) is 4.76. The van der Waals surface area contributed by atoms with E-state index in [1.54, 1.807) is 18.8 Å². The van der Waals surface area contributed by atoms with Crippen LogP contribution in [0.25, 0.3) is 0 Å². The van der Waals surface area contributed by atoms with Gasteiger partial charge in [0.05, 0.1) is 0 Å². The van der Waals surface area contributed by atoms with E-state index in [-0.39, 0.29) is 16.2 Å². The molecule has 2 rings (SSSR count). The average Bonchev–Trinajstić information content (AvgIpc) is 2.66. The number of amides is 1. The highest BCUT2D eigenvalue weighted by atomic mass is 32.2. The summed E-state index contributed by atoms with van der Waals surface area (Å²) >= 11 is 1.73. The Labute approximate surface area is 114 Å². The second-order valence-electron chi connectivity index (χ2n) is 6.14. The summed E-state index contributed by atoms with van der Waals surface area (Å²) in [6.07, 6.45) is 5.79. The summed E-state index contributed by atoms with van der Waals surface area (Å²) in [5, 5.41) is 2.73. The Kier molecular flexibility index (Phi) is 3.63. The molecule has 18 heavy (non-hydrogen) atoms. The highest BCUT2D eigenvalue weighted by Crippen LogP contribution is 2.47. The van der Waals surface area contributed by atoms with Crippen LogP contribution in [0.5, 0.6) is 0 Å². The van der Waals surface area contributed by atoms with Gasteiger partial charge in [-0.2, -0.15) is 0 Å². The van der Waals surface area contributed by atoms with Gasteiger partial charge in [0, 0.05) is 12.5 Å². The van der Waals surface area contributed by atoms with Crippen LogP contribution in [0, 0.1) is 5.41 Å². The first-order valence-corrected chi connectivity index (χ1v) is 7.48. The first-order chi connectivity index (χ1) is 8.39. The van der Waals surface area contributed by atoms with Crippen LogP contribution >= 0.6 is 11.8 Å². The van der Waals surface area contributed by atoms with Crippen LogP contribution < -0.4 is 5.43 Å². The van der Waals surface area contributed by atoms with E-state index in [1.165, 1.54) is 19.3 Å². The SMILES string of the molecule is CN=C1NN(C(=O)C(C)(C)C)C2(CCCCC2)S1. The number of hydrogen-bond donors (Lipinski definition) is 1. The van der Waals surface area contributed by atoms with Crippen LogP contribution in [-0.2, 0) is 4.79 Å². The first kappa shape index (κ1) is 13.7. The van der Waals surface area contributed by atoms with Crippen molar-refractivity contribution in [1.82, 2.24) is 10.4 Å². The summed E-state index contributed by atoms with van der Waals surface area (Å²) < 4.78 is 0. The third-order valence-electron chi connectivity index (χ3n) is 3.58. The molecule has 0 atom stereocenters. The van der Waals surface area contributed by atoms with E-state index in [2.05, 4.69) is 10.4 Å². The molecule has 1 saturated carbocycles. The van der Waals surface area contributed by atoms with Crippen molar-refractivity contribution in [3.8, 4) is 0 Å². The van der Waals surface area contributed by atoms with Gasteiger partial charge in [-0.05, 0) is 12.8 Å². The number of thioether (sulfide) groups is 1. The van der Waals surface area contributed by atoms with E-state index in [9.17, 15) is 4.79 Å². The lowest BCUT2D eigenvalue weighted by atomic mass is 9.90. The fourth-order valence-electron chi connectivity index (χ4n) is 2.54. The molecule has 0 bridgehead atoms. The molecule has 102 valence electrons. The molecule has 0 aromatic carbocycles. The van der Waals surface area contributed by atoms with Crippen molar-refractivity contribution in [3.63, 3.8) is 0 Å². The molecule has 1 saturated heterocycles. The van der Waals surface area contributed by atoms with Crippen molar-refractivity contribution in [3.05, 3.63) is 0 Å². The normalized spacial score (nSPS) is 25.6. The first-order valence-electron chi connectivity index (χ1n) is 6.66. The quantitative estimate of drug-likeness (QED) is 0.735. The Hall–Kier alpha value is -0.710. The Morgan fingerprint density at radius 2 is 1.94 bits per heavy atom. The highest BCUT2D eigenvalue weighted by Gasteiger charge is 2.50. The standard InChI is InChI=1S/C13H23N3OS/c1-12(2,3)10(17)16-13(8-6-5-7-9-13)18-11(14-4)15-16/h5-9H2,1-4H3,(H,14,15). The number of nitrogens with one attached hydrogen (secondary N) is 1. The van der Waals surface area contributed by atoms with Gasteiger partial charge in [-0.15, -0.1) is 0 Å². The molecule has 5 heteroatoms. The topological polar surface area (TPSA) is 44.7 Å². The lowest BCUT2D eigenvalue weighted by Gasteiger charge is -2.41. The number of hydrogen-bond acceptors (Lipinski definition) is 3. The highest BCUT2D eigenvalue weighted by molar-refractivity contribution is 8.15. The zero-order valence-electron chi connectivity index (χ0n) is 11.7. The molecule has 4 nitrogen and oxygen atoms in total. The van der Waals surface area contributed by atoms with Crippen molar-refractivity contribution in [2.75, 3.05) is 7.05 Å². The summed E-state index contributed by atoms with van der Waals surface area (Å²) in [4.78, 5) is 16.7. The second-order valence-corrected chi connectivity index (χ2v) is 7.49. The molecular formula is C13H23N3OS. The number of hydrazine groups is 1. The van der Waals surface area contributed by atoms with Crippen molar-refractivity contribution >= 4 is 22.8 Å². The van der Waals surface area contributed by atoms with E-state index < -0.39 is 0 Å². The zero-order chi connectivity index (χ0) is 13.4. The van der Waals surface area contributed by atoms with E-state index >= 15 is 0 Å². The summed E-state index contributed by atoms with van der Waals surface area (Å²) in [5.74, 6) is 0.163. The van der Waals surface area contributed by atoms with Crippen molar-refractivity contribution in [1.29, 1.82) is 0 Å². The molecule has 0 aromatic heterocycles. The number of nitrogens with zero attached hydrogens (tertiary/aromatic N) is 2. The summed E-state index contributed by atoms with van der Waals surface area (Å²) in [6.45, 7) is 5.91. The molecule has 1 heterocycles. The van der Waals surface area contributed by atoms with E-state index in [1.807, 2.05) is 25.8 Å². The monoisotopic (exact) mass is 269 g/mol. The number of rotatable bonds is 0. The molecule has 0 aromatic rings. The maximum absolute atomic E-state index is 12.6. The van der Waals surface area contributed by atoms with Crippen LogP contribution in [0.3, 0.4) is 0 Å². The minimum Gasteiger partial charge on any atom is -0.273 e. The van der Waals surface area contributed by atoms with Gasteiger partial charge in [0.1, 0.15) is 4.87 Å². The third-order valence-corrected chi connectivity index (χ3v) is 5.02. The predicted molar refractivity (Wildman–Crippen MR) is 76.2 cm³/mol. The third kappa shape index (κ3) is 2.37. The molecule has 1 spiro atoms. The average molecular weight is 269 g/mol. The van der Waals surface area contributed by atoms with Gasteiger partial charge in [0.25, 0.3) is 0 Å². The molecule has 1 amide bonds. The van der Waals surface area contributed by atoms with Crippen molar-refractivity contribution in [2.45, 2.75) is 57.7 Å². The van der Waals surface area contributed by atoms with Gasteiger partial charge >= 0.3 is 0 Å². The van der Waals surface area contributed by atoms with Gasteiger partial charge in [-0.25, -0.2) is 5.01 Å². The van der Waals surface area contributed by atoms with E-state index in [0.717, 1.165) is 18.0 Å². The maximum Gasteiger partial charge on any atom is 0.247 e. The molecule has 2 aliphatic rings. The molecular weight excluding hydrogens is 246 g/mol. The van der Waals surface area contributed by atoms with E-state index in [0.29, 0.717) is 0 Å². The molecule has 2 fully saturated rings. The number of aliphatic imine (C=N–C) groups is 1. The molecule has 0 unspecified atom stereocenters. The predicted octanol–water partition coefficient (Wildman–Crippen LogP) is 2.76. The van der Waals surface area contributed by atoms with Gasteiger partial charge in [-0.1, -0.05) is 51.8 Å². The Morgan fingerprint density at radius 1 is 1.33 bits per heavy atom. The van der Waals surface area contributed by atoms with Gasteiger partial charge in [0.15, 0.2) is 5.17 Å². The Balaban J connectivity index is 2.28. The largest absolute Gasteiger partial charge is 0.273 e. The van der Waals surface area contributed by atoms with Crippen LogP contribution in [0.4, 0.5) is 0 Å². The Bertz CT molecular complexity index is 367. The van der Waals surface area contributed by atoms with Gasteiger partial charge in [-0.3, -0.25) is 15.2 Å². The summed E-state index contributed by atoms with van der Waals surface area (Å²) in [5.41, 5.74) is 2.84. The number of amidine groups is 1. The minimum absolute atomic E-state index is 0.0997. The lowest BCUT2D eigenvalue weighted by molar-refractivity contribution is -0.145. The van der Waals surface area contributed by atoms with Crippen molar-refractivity contribution in [2.24, 2.45) is 10.4 Å². The van der Waals surface area contributed by atoms with Gasteiger partial charge < -0.3 is 0 Å². The van der Waals surface area contributed by atoms with E-state index in [4.69, 9.17) is 0 Å². The van der Waals surface area contributed by atoms with Crippen LogP contribution in [-0.4, -0.2) is 28.0 Å². The zero-order valence-corrected chi connectivity index (χ0v) is 12.6. The molecule has 1 aliphatic carbocycles. The molecule has 1 aliphatic heterocycles. The lowest BCUT2D eigenvalue weighted by Crippen LogP contribution is -2.55. The van der Waals surface area contributed by atoms with Crippen LogP contribution in [0.2, 0.25) is 0 Å². The number of carbonyl (C=O) groups excluding carboxylic acids is 1. The molecule has 1 N–H and O–H groups in total. The van der Waals surface area contributed by atoms with Gasteiger partial charge in [0.2, 0.25) is 5.91 Å². The summed E-state index contributed by atoms with van der Waals surface area (Å²) in [6, 6.07) is 0. The molecule has 0 radical (unpaired) electrons.